The predicted molar refractivity (Wildman–Crippen MR) is 128 cm³/mol. The van der Waals surface area contributed by atoms with E-state index in [1.54, 1.807) is 11.7 Å². The second-order valence-corrected chi connectivity index (χ2v) is 9.97. The molecule has 0 aliphatic carbocycles. The van der Waals surface area contributed by atoms with Gasteiger partial charge in [-0.1, -0.05) is 43.3 Å². The van der Waals surface area contributed by atoms with Crippen molar-refractivity contribution in [1.29, 1.82) is 0 Å². The van der Waals surface area contributed by atoms with Crippen LogP contribution in [0, 0.1) is 13.8 Å². The number of para-hydroxylation sites is 1. The summed E-state index contributed by atoms with van der Waals surface area (Å²) >= 11 is 2.87. The number of hydrogen-bond donors (Lipinski definition) is 1. The van der Waals surface area contributed by atoms with Gasteiger partial charge in [0.15, 0.2) is 5.16 Å². The molecule has 0 aliphatic heterocycles. The van der Waals surface area contributed by atoms with Crippen LogP contribution in [-0.4, -0.2) is 27.8 Å². The molecule has 1 amide bonds. The number of ether oxygens (including phenoxy) is 1. The van der Waals surface area contributed by atoms with E-state index in [1.807, 2.05) is 45.0 Å². The number of carbonyl (C=O) groups excluding carboxylic acids is 1. The van der Waals surface area contributed by atoms with E-state index in [4.69, 9.17) is 9.72 Å². The molecule has 1 N–H and O–H groups in total. The number of rotatable bonds is 9. The molecule has 1 aromatic carbocycles. The van der Waals surface area contributed by atoms with Crippen molar-refractivity contribution in [3.05, 3.63) is 50.6 Å². The Hall–Kier alpha value is -2.32. The Morgan fingerprint density at radius 1 is 1.32 bits per heavy atom. The highest BCUT2D eigenvalue weighted by molar-refractivity contribution is 8.00. The number of nitrogens with one attached hydrogen (secondary N) is 1. The molecule has 0 fully saturated rings. The van der Waals surface area contributed by atoms with Crippen molar-refractivity contribution in [2.45, 2.75) is 64.0 Å². The summed E-state index contributed by atoms with van der Waals surface area (Å²) in [5.41, 5.74) is 1.91. The minimum absolute atomic E-state index is 0.00979. The molecule has 0 spiro atoms. The quantitative estimate of drug-likeness (QED) is 0.371. The zero-order valence-electron chi connectivity index (χ0n) is 18.7. The van der Waals surface area contributed by atoms with Crippen LogP contribution in [0.5, 0.6) is 5.75 Å². The third-order valence-electron chi connectivity index (χ3n) is 5.29. The molecule has 0 radical (unpaired) electrons. The van der Waals surface area contributed by atoms with Gasteiger partial charge in [0.2, 0.25) is 5.91 Å². The molecule has 2 aromatic heterocycles. The van der Waals surface area contributed by atoms with Crippen LogP contribution in [0.25, 0.3) is 10.2 Å². The molecule has 8 heteroatoms. The fraction of sp³-hybridized carbons (Fsp3) is 0.435. The van der Waals surface area contributed by atoms with Crippen LogP contribution >= 0.6 is 23.1 Å². The van der Waals surface area contributed by atoms with Crippen LogP contribution in [0.3, 0.4) is 0 Å². The highest BCUT2D eigenvalue weighted by atomic mass is 32.2. The van der Waals surface area contributed by atoms with Crippen molar-refractivity contribution in [2.24, 2.45) is 0 Å². The number of aryl methyl sites for hydroxylation is 2. The normalized spacial score (nSPS) is 12.2. The molecule has 0 saturated heterocycles. The molecule has 3 aromatic rings. The molecule has 0 aliphatic rings. The van der Waals surface area contributed by atoms with Crippen molar-refractivity contribution >= 4 is 39.2 Å². The van der Waals surface area contributed by atoms with Gasteiger partial charge in [-0.05, 0) is 38.8 Å². The summed E-state index contributed by atoms with van der Waals surface area (Å²) in [6.07, 6.45) is 1.86. The van der Waals surface area contributed by atoms with Crippen LogP contribution < -0.4 is 15.6 Å². The van der Waals surface area contributed by atoms with Crippen LogP contribution in [0.15, 0.2) is 34.2 Å². The topological polar surface area (TPSA) is 73.2 Å². The number of benzene rings is 1. The molecule has 0 saturated carbocycles. The van der Waals surface area contributed by atoms with E-state index in [0.29, 0.717) is 23.6 Å². The molecule has 1 atom stereocenters. The summed E-state index contributed by atoms with van der Waals surface area (Å²) in [6, 6.07) is 7.61. The number of thiophene rings is 1. The number of thioether (sulfide) groups is 1. The number of nitrogens with zero attached hydrogens (tertiary/aromatic N) is 2. The average molecular weight is 460 g/mol. The fourth-order valence-corrected chi connectivity index (χ4v) is 5.33. The fourth-order valence-electron chi connectivity index (χ4n) is 3.30. The second-order valence-electron chi connectivity index (χ2n) is 7.46. The maximum Gasteiger partial charge on any atom is 0.263 e. The second kappa shape index (κ2) is 10.3. The Bertz CT molecular complexity index is 1140. The van der Waals surface area contributed by atoms with Gasteiger partial charge in [0.05, 0.1) is 17.7 Å². The molecule has 1 unspecified atom stereocenters. The van der Waals surface area contributed by atoms with E-state index in [-0.39, 0.29) is 11.5 Å². The standard InChI is InChI=1S/C23H29N3O3S2/c1-6-7-12-26-22(28)19-14(2)15(3)30-21(19)25-23(26)31-16(4)20(27)24-13-17-10-8-9-11-18(17)29-5/h8-11,16H,6-7,12-13H2,1-5H3,(H,24,27). The van der Waals surface area contributed by atoms with Crippen LogP contribution in [0.1, 0.15) is 42.7 Å². The van der Waals surface area contributed by atoms with Gasteiger partial charge < -0.3 is 10.1 Å². The summed E-state index contributed by atoms with van der Waals surface area (Å²) in [6.45, 7) is 8.91. The van der Waals surface area contributed by atoms with E-state index in [0.717, 1.165) is 39.4 Å². The first-order chi connectivity index (χ1) is 14.9. The Balaban J connectivity index is 1.82. The first-order valence-corrected chi connectivity index (χ1v) is 12.1. The number of methoxy groups -OCH3 is 1. The maximum atomic E-state index is 13.2. The van der Waals surface area contributed by atoms with Gasteiger partial charge in [0.25, 0.3) is 5.56 Å². The van der Waals surface area contributed by atoms with Gasteiger partial charge in [0, 0.05) is 23.5 Å². The van der Waals surface area contributed by atoms with E-state index in [2.05, 4.69) is 12.2 Å². The minimum atomic E-state index is -0.394. The lowest BCUT2D eigenvalue weighted by atomic mass is 10.2. The zero-order chi connectivity index (χ0) is 22.5. The lowest BCUT2D eigenvalue weighted by Crippen LogP contribution is -2.32. The maximum absolute atomic E-state index is 13.2. The third kappa shape index (κ3) is 5.13. The van der Waals surface area contributed by atoms with Crippen LogP contribution in [0.2, 0.25) is 0 Å². The largest absolute Gasteiger partial charge is 0.496 e. The van der Waals surface area contributed by atoms with E-state index in [9.17, 15) is 9.59 Å². The van der Waals surface area contributed by atoms with E-state index >= 15 is 0 Å². The Morgan fingerprint density at radius 3 is 2.77 bits per heavy atom. The summed E-state index contributed by atoms with van der Waals surface area (Å²) in [5, 5.41) is 3.88. The van der Waals surface area contributed by atoms with Gasteiger partial charge in [-0.3, -0.25) is 14.2 Å². The number of unbranched alkanes of at least 4 members (excludes halogenated alkanes) is 1. The highest BCUT2D eigenvalue weighted by Crippen LogP contribution is 2.30. The SMILES string of the molecule is CCCCn1c(SC(C)C(=O)NCc2ccccc2OC)nc2sc(C)c(C)c2c1=O. The molecular weight excluding hydrogens is 430 g/mol. The molecular formula is C23H29N3O3S2. The van der Waals surface area contributed by atoms with Gasteiger partial charge in [0.1, 0.15) is 10.6 Å². The Morgan fingerprint density at radius 2 is 2.06 bits per heavy atom. The van der Waals surface area contributed by atoms with Crippen molar-refractivity contribution in [3.63, 3.8) is 0 Å². The van der Waals surface area contributed by atoms with Crippen molar-refractivity contribution in [1.82, 2.24) is 14.9 Å². The number of hydrogen-bond acceptors (Lipinski definition) is 6. The third-order valence-corrected chi connectivity index (χ3v) is 7.48. The molecule has 2 heterocycles. The number of carbonyl (C=O) groups is 1. The van der Waals surface area contributed by atoms with Crippen molar-refractivity contribution in [3.8, 4) is 5.75 Å². The molecule has 31 heavy (non-hydrogen) atoms. The van der Waals surface area contributed by atoms with Crippen LogP contribution in [0.4, 0.5) is 0 Å². The Labute approximate surface area is 191 Å². The summed E-state index contributed by atoms with van der Waals surface area (Å²) in [5.74, 6) is 0.637. The number of fused-ring (bicyclic) bond motifs is 1. The number of amides is 1. The average Bonchev–Trinajstić information content (AvgIpc) is 3.05. The summed E-state index contributed by atoms with van der Waals surface area (Å²) in [4.78, 5) is 32.6. The lowest BCUT2D eigenvalue weighted by Gasteiger charge is -2.16. The van der Waals surface area contributed by atoms with E-state index < -0.39 is 5.25 Å². The zero-order valence-corrected chi connectivity index (χ0v) is 20.3. The molecule has 0 bridgehead atoms. The predicted octanol–water partition coefficient (Wildman–Crippen LogP) is 4.68. The minimum Gasteiger partial charge on any atom is -0.496 e. The van der Waals surface area contributed by atoms with E-state index in [1.165, 1.54) is 23.1 Å². The molecule has 166 valence electrons. The number of aromatic nitrogens is 2. The van der Waals surface area contributed by atoms with Crippen molar-refractivity contribution < 1.29 is 9.53 Å². The Kier molecular flexibility index (Phi) is 7.78. The first kappa shape index (κ1) is 23.3. The molecule has 6 nitrogen and oxygen atoms in total. The van der Waals surface area contributed by atoms with Gasteiger partial charge in [-0.2, -0.15) is 0 Å². The van der Waals surface area contributed by atoms with Gasteiger partial charge in [-0.15, -0.1) is 11.3 Å². The summed E-state index contributed by atoms with van der Waals surface area (Å²) < 4.78 is 7.09. The highest BCUT2D eigenvalue weighted by Gasteiger charge is 2.21. The van der Waals surface area contributed by atoms with Gasteiger partial charge in [-0.25, -0.2) is 4.98 Å². The van der Waals surface area contributed by atoms with Crippen molar-refractivity contribution in [2.75, 3.05) is 7.11 Å². The lowest BCUT2D eigenvalue weighted by molar-refractivity contribution is -0.120. The molecule has 3 rings (SSSR count). The van der Waals surface area contributed by atoms with Gasteiger partial charge >= 0.3 is 0 Å². The smallest absolute Gasteiger partial charge is 0.263 e. The summed E-state index contributed by atoms with van der Waals surface area (Å²) in [7, 11) is 1.62. The monoisotopic (exact) mass is 459 g/mol. The first-order valence-electron chi connectivity index (χ1n) is 10.4. The van der Waals surface area contributed by atoms with Crippen LogP contribution in [-0.2, 0) is 17.9 Å².